The van der Waals surface area contributed by atoms with Crippen molar-refractivity contribution in [1.29, 1.82) is 0 Å². The van der Waals surface area contributed by atoms with Crippen molar-refractivity contribution in [2.24, 2.45) is 0 Å². The molecule has 0 spiro atoms. The maximum Gasteiger partial charge on any atom is 0.227 e. The minimum Gasteiger partial charge on any atom is -0.490 e. The summed E-state index contributed by atoms with van der Waals surface area (Å²) >= 11 is 6.16. The van der Waals surface area contributed by atoms with Gasteiger partial charge in [-0.05, 0) is 36.4 Å². The highest BCUT2D eigenvalue weighted by molar-refractivity contribution is 6.32. The molecule has 1 N–H and O–H groups in total. The van der Waals surface area contributed by atoms with E-state index in [0.29, 0.717) is 41.1 Å². The normalized spacial score (nSPS) is 12.5. The highest BCUT2D eigenvalue weighted by atomic mass is 35.5. The van der Waals surface area contributed by atoms with Crippen LogP contribution < -0.4 is 19.7 Å². The molecule has 6 nitrogen and oxygen atoms in total. The number of fused-ring (bicyclic) bond motifs is 1. The van der Waals surface area contributed by atoms with Crippen molar-refractivity contribution < 1.29 is 19.1 Å². The lowest BCUT2D eigenvalue weighted by molar-refractivity contribution is -0.122. The van der Waals surface area contributed by atoms with E-state index < -0.39 is 0 Å². The minimum atomic E-state index is -0.273. The van der Waals surface area contributed by atoms with Gasteiger partial charge in [-0.3, -0.25) is 9.59 Å². The van der Waals surface area contributed by atoms with Gasteiger partial charge in [0.2, 0.25) is 11.8 Å². The first-order valence-electron chi connectivity index (χ1n) is 9.95. The highest BCUT2D eigenvalue weighted by Gasteiger charge is 2.23. The standard InChI is InChI=1S/C24H21ClN2O4/c25-17-7-1-4-10-20(17)31-21-11-5-2-8-18(21)26-23(28)13-14-24(29)27-15-16-30-22-12-6-3-9-19(22)27/h1-12H,13-16H2,(H,26,28). The molecule has 1 heterocycles. The Balaban J connectivity index is 1.38. The average Bonchev–Trinajstić information content (AvgIpc) is 2.80. The lowest BCUT2D eigenvalue weighted by Gasteiger charge is -2.29. The number of para-hydroxylation sites is 5. The maximum absolute atomic E-state index is 12.7. The summed E-state index contributed by atoms with van der Waals surface area (Å²) in [5.74, 6) is 1.25. The monoisotopic (exact) mass is 436 g/mol. The Morgan fingerprint density at radius 1 is 0.935 bits per heavy atom. The van der Waals surface area contributed by atoms with Gasteiger partial charge < -0.3 is 19.7 Å². The summed E-state index contributed by atoms with van der Waals surface area (Å²) in [6, 6.07) is 21.6. The molecule has 31 heavy (non-hydrogen) atoms. The molecule has 2 amide bonds. The van der Waals surface area contributed by atoms with E-state index in [-0.39, 0.29) is 24.7 Å². The molecule has 158 valence electrons. The van der Waals surface area contributed by atoms with Crippen LogP contribution in [-0.4, -0.2) is 25.0 Å². The second-order valence-electron chi connectivity index (χ2n) is 6.94. The summed E-state index contributed by atoms with van der Waals surface area (Å²) in [6.07, 6.45) is 0.145. The number of benzene rings is 3. The summed E-state index contributed by atoms with van der Waals surface area (Å²) in [4.78, 5) is 26.9. The van der Waals surface area contributed by atoms with Crippen LogP contribution in [-0.2, 0) is 9.59 Å². The van der Waals surface area contributed by atoms with Crippen LogP contribution in [0.25, 0.3) is 0 Å². The molecule has 1 aliphatic rings. The minimum absolute atomic E-state index is 0.0544. The van der Waals surface area contributed by atoms with Crippen molar-refractivity contribution in [3.05, 3.63) is 77.8 Å². The van der Waals surface area contributed by atoms with Gasteiger partial charge in [-0.1, -0.05) is 48.0 Å². The fourth-order valence-electron chi connectivity index (χ4n) is 3.30. The number of carbonyl (C=O) groups excluding carboxylic acids is 2. The number of hydrogen-bond acceptors (Lipinski definition) is 4. The third-order valence-corrected chi connectivity index (χ3v) is 5.13. The first-order valence-corrected chi connectivity index (χ1v) is 10.3. The number of nitrogens with one attached hydrogen (secondary N) is 1. The highest BCUT2D eigenvalue weighted by Crippen LogP contribution is 2.34. The number of anilines is 2. The number of nitrogens with zero attached hydrogens (tertiary/aromatic N) is 1. The third kappa shape index (κ3) is 4.98. The molecule has 0 saturated carbocycles. The van der Waals surface area contributed by atoms with E-state index in [9.17, 15) is 9.59 Å². The smallest absolute Gasteiger partial charge is 0.227 e. The molecule has 3 aromatic carbocycles. The van der Waals surface area contributed by atoms with Crippen molar-refractivity contribution in [2.45, 2.75) is 12.8 Å². The molecule has 0 saturated heterocycles. The van der Waals surface area contributed by atoms with Crippen molar-refractivity contribution in [2.75, 3.05) is 23.4 Å². The predicted molar refractivity (Wildman–Crippen MR) is 120 cm³/mol. The van der Waals surface area contributed by atoms with Gasteiger partial charge in [0.1, 0.15) is 18.1 Å². The van der Waals surface area contributed by atoms with Crippen molar-refractivity contribution in [3.63, 3.8) is 0 Å². The van der Waals surface area contributed by atoms with Crippen LogP contribution in [0.3, 0.4) is 0 Å². The summed E-state index contributed by atoms with van der Waals surface area (Å²) in [6.45, 7) is 0.897. The Kier molecular flexibility index (Phi) is 6.38. The molecule has 1 aliphatic heterocycles. The second kappa shape index (κ2) is 9.53. The molecular weight excluding hydrogens is 416 g/mol. The van der Waals surface area contributed by atoms with Gasteiger partial charge >= 0.3 is 0 Å². The van der Waals surface area contributed by atoms with Gasteiger partial charge in [0.15, 0.2) is 5.75 Å². The van der Waals surface area contributed by atoms with Crippen LogP contribution >= 0.6 is 11.6 Å². The van der Waals surface area contributed by atoms with E-state index in [0.717, 1.165) is 5.69 Å². The lowest BCUT2D eigenvalue weighted by Crippen LogP contribution is -2.38. The molecule has 3 aromatic rings. The fourth-order valence-corrected chi connectivity index (χ4v) is 3.48. The molecule has 0 atom stereocenters. The van der Waals surface area contributed by atoms with Gasteiger partial charge in [0.25, 0.3) is 0 Å². The second-order valence-corrected chi connectivity index (χ2v) is 7.35. The molecule has 7 heteroatoms. The quantitative estimate of drug-likeness (QED) is 0.571. The molecule has 0 aliphatic carbocycles. The largest absolute Gasteiger partial charge is 0.490 e. The van der Waals surface area contributed by atoms with Crippen LogP contribution in [0.5, 0.6) is 17.2 Å². The van der Waals surface area contributed by atoms with E-state index in [4.69, 9.17) is 21.1 Å². The zero-order chi connectivity index (χ0) is 21.6. The molecule has 0 fully saturated rings. The molecule has 0 radical (unpaired) electrons. The van der Waals surface area contributed by atoms with Gasteiger partial charge in [-0.15, -0.1) is 0 Å². The van der Waals surface area contributed by atoms with Gasteiger partial charge in [-0.2, -0.15) is 0 Å². The van der Waals surface area contributed by atoms with Crippen molar-refractivity contribution >= 4 is 34.8 Å². The van der Waals surface area contributed by atoms with E-state index in [1.54, 1.807) is 41.3 Å². The SMILES string of the molecule is O=C(CCC(=O)N1CCOc2ccccc21)Nc1ccccc1Oc1ccccc1Cl. The third-order valence-electron chi connectivity index (χ3n) is 4.81. The number of hydrogen-bond donors (Lipinski definition) is 1. The zero-order valence-corrected chi connectivity index (χ0v) is 17.5. The number of ether oxygens (including phenoxy) is 2. The van der Waals surface area contributed by atoms with Crippen LogP contribution in [0.2, 0.25) is 5.02 Å². The Hall–Kier alpha value is -3.51. The molecule has 0 unspecified atom stereocenters. The number of carbonyl (C=O) groups is 2. The first kappa shape index (κ1) is 20.8. The summed E-state index contributed by atoms with van der Waals surface area (Å²) in [5, 5.41) is 3.30. The van der Waals surface area contributed by atoms with E-state index in [2.05, 4.69) is 5.32 Å². The predicted octanol–water partition coefficient (Wildman–Crippen LogP) is 5.28. The summed E-state index contributed by atoms with van der Waals surface area (Å²) < 4.78 is 11.4. The topological polar surface area (TPSA) is 67.9 Å². The fraction of sp³-hybridized carbons (Fsp3) is 0.167. The Labute approximate surface area is 185 Å². The number of amides is 2. The van der Waals surface area contributed by atoms with E-state index in [1.165, 1.54) is 0 Å². The van der Waals surface area contributed by atoms with E-state index >= 15 is 0 Å². The zero-order valence-electron chi connectivity index (χ0n) is 16.7. The summed E-state index contributed by atoms with van der Waals surface area (Å²) in [7, 11) is 0. The van der Waals surface area contributed by atoms with Crippen molar-refractivity contribution in [3.8, 4) is 17.2 Å². The van der Waals surface area contributed by atoms with Crippen LogP contribution in [0.4, 0.5) is 11.4 Å². The molecule has 0 aromatic heterocycles. The van der Waals surface area contributed by atoms with Crippen LogP contribution in [0.15, 0.2) is 72.8 Å². The molecular formula is C24H21ClN2O4. The van der Waals surface area contributed by atoms with Crippen LogP contribution in [0, 0.1) is 0 Å². The first-order chi connectivity index (χ1) is 15.1. The van der Waals surface area contributed by atoms with Gasteiger partial charge in [0, 0.05) is 12.8 Å². The van der Waals surface area contributed by atoms with Gasteiger partial charge in [-0.25, -0.2) is 0 Å². The van der Waals surface area contributed by atoms with Gasteiger partial charge in [0.05, 0.1) is 22.9 Å². The Bertz CT molecular complexity index is 1100. The molecule has 4 rings (SSSR count). The Morgan fingerprint density at radius 3 is 2.48 bits per heavy atom. The van der Waals surface area contributed by atoms with Crippen LogP contribution in [0.1, 0.15) is 12.8 Å². The maximum atomic E-state index is 12.7. The lowest BCUT2D eigenvalue weighted by atomic mass is 10.2. The molecule has 0 bridgehead atoms. The number of halogens is 1. The van der Waals surface area contributed by atoms with E-state index in [1.807, 2.05) is 36.4 Å². The Morgan fingerprint density at radius 2 is 1.65 bits per heavy atom. The average molecular weight is 437 g/mol. The number of rotatable bonds is 6. The van der Waals surface area contributed by atoms with Crippen molar-refractivity contribution in [1.82, 2.24) is 0 Å². The summed E-state index contributed by atoms with van der Waals surface area (Å²) in [5.41, 5.74) is 1.24.